The lowest BCUT2D eigenvalue weighted by Gasteiger charge is -2.32. The van der Waals surface area contributed by atoms with E-state index >= 15 is 0 Å². The molecule has 1 fully saturated rings. The molecule has 5 nitrogen and oxygen atoms in total. The number of nitrogens with zero attached hydrogens (tertiary/aromatic N) is 3. The van der Waals surface area contributed by atoms with Gasteiger partial charge in [0.2, 0.25) is 0 Å². The zero-order chi connectivity index (χ0) is 14.1. The summed E-state index contributed by atoms with van der Waals surface area (Å²) in [5, 5.41) is 0. The summed E-state index contributed by atoms with van der Waals surface area (Å²) in [5.41, 5.74) is 7.19. The standard InChI is InChI=1S/C14H18N4OS/c1-2-9-4-3-7-18(8-9)14(19)12-10(15)11-13(20-12)17-6-5-16-11/h5-6,9H,2-4,7-8,15H2,1H3. The number of nitrogens with two attached hydrogens (primary N) is 1. The highest BCUT2D eigenvalue weighted by Gasteiger charge is 2.27. The van der Waals surface area contributed by atoms with Crippen LogP contribution in [0, 0.1) is 5.92 Å². The van der Waals surface area contributed by atoms with Gasteiger partial charge >= 0.3 is 0 Å². The van der Waals surface area contributed by atoms with Crippen molar-refractivity contribution in [1.29, 1.82) is 0 Å². The quantitative estimate of drug-likeness (QED) is 0.922. The summed E-state index contributed by atoms with van der Waals surface area (Å²) in [6.45, 7) is 3.84. The van der Waals surface area contributed by atoms with Crippen LogP contribution in [-0.2, 0) is 0 Å². The van der Waals surface area contributed by atoms with Gasteiger partial charge in [-0.25, -0.2) is 9.97 Å². The molecule has 6 heteroatoms. The van der Waals surface area contributed by atoms with E-state index in [9.17, 15) is 4.79 Å². The van der Waals surface area contributed by atoms with Crippen molar-refractivity contribution in [3.63, 3.8) is 0 Å². The Morgan fingerprint density at radius 2 is 2.30 bits per heavy atom. The summed E-state index contributed by atoms with van der Waals surface area (Å²) >= 11 is 1.34. The first-order valence-corrected chi connectivity index (χ1v) is 7.80. The molecule has 2 aromatic rings. The number of carbonyl (C=O) groups excluding carboxylic acids is 1. The minimum absolute atomic E-state index is 0.0328. The van der Waals surface area contributed by atoms with Crippen molar-refractivity contribution in [2.75, 3.05) is 18.8 Å². The predicted molar refractivity (Wildman–Crippen MR) is 80.7 cm³/mol. The van der Waals surface area contributed by atoms with Crippen molar-refractivity contribution in [1.82, 2.24) is 14.9 Å². The minimum Gasteiger partial charge on any atom is -0.396 e. The molecule has 106 valence electrons. The predicted octanol–water partition coefficient (Wildman–Crippen LogP) is 2.54. The number of hydrogen-bond acceptors (Lipinski definition) is 5. The SMILES string of the molecule is CCC1CCCN(C(=O)c2sc3nccnc3c2N)C1. The lowest BCUT2D eigenvalue weighted by Crippen LogP contribution is -2.39. The third kappa shape index (κ3) is 2.24. The van der Waals surface area contributed by atoms with E-state index in [1.54, 1.807) is 12.4 Å². The van der Waals surface area contributed by atoms with Crippen molar-refractivity contribution in [2.24, 2.45) is 5.92 Å². The lowest BCUT2D eigenvalue weighted by atomic mass is 9.95. The molecule has 0 aromatic carbocycles. The number of rotatable bonds is 2. The van der Waals surface area contributed by atoms with Gasteiger partial charge in [-0.1, -0.05) is 13.3 Å². The van der Waals surface area contributed by atoms with Gasteiger partial charge in [0.25, 0.3) is 5.91 Å². The number of carbonyl (C=O) groups is 1. The Morgan fingerprint density at radius 1 is 1.50 bits per heavy atom. The molecule has 3 rings (SSSR count). The Morgan fingerprint density at radius 3 is 3.05 bits per heavy atom. The molecule has 20 heavy (non-hydrogen) atoms. The van der Waals surface area contributed by atoms with Crippen LogP contribution >= 0.6 is 11.3 Å². The second-order valence-corrected chi connectivity index (χ2v) is 6.22. The van der Waals surface area contributed by atoms with Crippen LogP contribution in [0.4, 0.5) is 5.69 Å². The molecule has 0 saturated carbocycles. The second-order valence-electron chi connectivity index (χ2n) is 5.22. The highest BCUT2D eigenvalue weighted by molar-refractivity contribution is 7.21. The number of nitrogen functional groups attached to an aromatic ring is 1. The lowest BCUT2D eigenvalue weighted by molar-refractivity contribution is 0.0677. The van der Waals surface area contributed by atoms with Gasteiger partial charge in [0.1, 0.15) is 15.2 Å². The van der Waals surface area contributed by atoms with Crippen LogP contribution < -0.4 is 5.73 Å². The largest absolute Gasteiger partial charge is 0.396 e. The molecule has 0 radical (unpaired) electrons. The summed E-state index contributed by atoms with van der Waals surface area (Å²) in [4.78, 5) is 24.3. The van der Waals surface area contributed by atoms with E-state index in [-0.39, 0.29) is 5.91 Å². The van der Waals surface area contributed by atoms with Crippen LogP contribution in [0.2, 0.25) is 0 Å². The Labute approximate surface area is 121 Å². The fraction of sp³-hybridized carbons (Fsp3) is 0.500. The van der Waals surface area contributed by atoms with Crippen LogP contribution in [0.5, 0.6) is 0 Å². The van der Waals surface area contributed by atoms with E-state index < -0.39 is 0 Å². The van der Waals surface area contributed by atoms with Gasteiger partial charge in [-0.05, 0) is 18.8 Å². The van der Waals surface area contributed by atoms with E-state index in [1.165, 1.54) is 17.8 Å². The van der Waals surface area contributed by atoms with Gasteiger partial charge in [-0.15, -0.1) is 11.3 Å². The Hall–Kier alpha value is -1.69. The first-order chi connectivity index (χ1) is 9.70. The van der Waals surface area contributed by atoms with E-state index in [0.29, 0.717) is 22.0 Å². The summed E-state index contributed by atoms with van der Waals surface area (Å²) in [5.74, 6) is 0.644. The fourth-order valence-electron chi connectivity index (χ4n) is 2.73. The summed E-state index contributed by atoms with van der Waals surface area (Å²) < 4.78 is 0. The van der Waals surface area contributed by atoms with Gasteiger partial charge in [0, 0.05) is 25.5 Å². The molecule has 1 amide bonds. The monoisotopic (exact) mass is 290 g/mol. The van der Waals surface area contributed by atoms with Crippen LogP contribution in [0.1, 0.15) is 35.9 Å². The Balaban J connectivity index is 1.90. The van der Waals surface area contributed by atoms with Gasteiger partial charge in [0.15, 0.2) is 0 Å². The maximum atomic E-state index is 12.7. The van der Waals surface area contributed by atoms with Crippen molar-refractivity contribution < 1.29 is 4.79 Å². The average molecular weight is 290 g/mol. The van der Waals surface area contributed by atoms with Crippen molar-refractivity contribution in [3.05, 3.63) is 17.3 Å². The highest BCUT2D eigenvalue weighted by Crippen LogP contribution is 2.32. The van der Waals surface area contributed by atoms with E-state index in [4.69, 9.17) is 5.73 Å². The third-order valence-electron chi connectivity index (χ3n) is 3.94. The molecule has 1 aliphatic heterocycles. The molecule has 1 aliphatic rings. The van der Waals surface area contributed by atoms with Crippen molar-refractivity contribution >= 4 is 33.3 Å². The summed E-state index contributed by atoms with van der Waals surface area (Å²) in [7, 11) is 0. The van der Waals surface area contributed by atoms with E-state index in [1.807, 2.05) is 4.90 Å². The number of anilines is 1. The molecule has 2 N–H and O–H groups in total. The maximum absolute atomic E-state index is 12.7. The van der Waals surface area contributed by atoms with Gasteiger partial charge in [-0.3, -0.25) is 4.79 Å². The molecule has 0 spiro atoms. The van der Waals surface area contributed by atoms with Crippen LogP contribution in [0.15, 0.2) is 12.4 Å². The average Bonchev–Trinajstić information content (AvgIpc) is 2.84. The van der Waals surface area contributed by atoms with Gasteiger partial charge in [0.05, 0.1) is 5.69 Å². The molecule has 2 aromatic heterocycles. The number of hydrogen-bond donors (Lipinski definition) is 1. The van der Waals surface area contributed by atoms with Gasteiger partial charge < -0.3 is 10.6 Å². The smallest absolute Gasteiger partial charge is 0.266 e. The maximum Gasteiger partial charge on any atom is 0.266 e. The highest BCUT2D eigenvalue weighted by atomic mass is 32.1. The number of thiophene rings is 1. The molecule has 0 aliphatic carbocycles. The molecule has 0 bridgehead atoms. The first-order valence-electron chi connectivity index (χ1n) is 6.99. The topological polar surface area (TPSA) is 72.1 Å². The number of piperidine rings is 1. The second kappa shape index (κ2) is 5.36. The van der Waals surface area contributed by atoms with Crippen LogP contribution in [0.3, 0.4) is 0 Å². The number of aromatic nitrogens is 2. The molecule has 3 heterocycles. The fourth-order valence-corrected chi connectivity index (χ4v) is 3.72. The van der Waals surface area contributed by atoms with Crippen LogP contribution in [0.25, 0.3) is 10.3 Å². The number of fused-ring (bicyclic) bond motifs is 1. The molecule has 1 saturated heterocycles. The normalized spacial score (nSPS) is 19.4. The molecular weight excluding hydrogens is 272 g/mol. The van der Waals surface area contributed by atoms with Crippen LogP contribution in [-0.4, -0.2) is 33.9 Å². The van der Waals surface area contributed by atoms with Crippen molar-refractivity contribution in [2.45, 2.75) is 26.2 Å². The zero-order valence-corrected chi connectivity index (χ0v) is 12.3. The number of likely N-dealkylation sites (tertiary alicyclic amines) is 1. The summed E-state index contributed by atoms with van der Waals surface area (Å²) in [6.07, 6.45) is 6.64. The van der Waals surface area contributed by atoms with E-state index in [2.05, 4.69) is 16.9 Å². The third-order valence-corrected chi connectivity index (χ3v) is 5.03. The van der Waals surface area contributed by atoms with Crippen molar-refractivity contribution in [3.8, 4) is 0 Å². The molecule has 1 unspecified atom stereocenters. The Bertz CT molecular complexity index is 639. The Kier molecular flexibility index (Phi) is 3.56. The zero-order valence-electron chi connectivity index (χ0n) is 11.5. The first kappa shape index (κ1) is 13.3. The number of amides is 1. The van der Waals surface area contributed by atoms with E-state index in [0.717, 1.165) is 30.8 Å². The van der Waals surface area contributed by atoms with Gasteiger partial charge in [-0.2, -0.15) is 0 Å². The molecule has 1 atom stereocenters. The summed E-state index contributed by atoms with van der Waals surface area (Å²) in [6, 6.07) is 0. The minimum atomic E-state index is 0.0328. The molecular formula is C14H18N4OS.